The van der Waals surface area contributed by atoms with Gasteiger partial charge in [-0.1, -0.05) is 6.07 Å². The normalized spacial score (nSPS) is 9.89. The lowest BCUT2D eigenvalue weighted by molar-refractivity contribution is -0.140. The van der Waals surface area contributed by atoms with E-state index in [-0.39, 0.29) is 23.6 Å². The minimum Gasteiger partial charge on any atom is -0.469 e. The fourth-order valence-corrected chi connectivity index (χ4v) is 1.37. The summed E-state index contributed by atoms with van der Waals surface area (Å²) in [4.78, 5) is 22.5. The topological polar surface area (TPSA) is 81.4 Å². The second-order valence-electron chi connectivity index (χ2n) is 3.64. The number of anilines is 1. The molecule has 0 saturated heterocycles. The van der Waals surface area contributed by atoms with Crippen molar-refractivity contribution in [3.8, 4) is 0 Å². The van der Waals surface area contributed by atoms with Crippen LogP contribution in [0.25, 0.3) is 0 Å². The molecule has 0 aliphatic carbocycles. The van der Waals surface area contributed by atoms with Gasteiger partial charge in [0.25, 0.3) is 5.91 Å². The smallest absolute Gasteiger partial charge is 0.305 e. The highest BCUT2D eigenvalue weighted by atomic mass is 19.1. The molecule has 98 valence electrons. The van der Waals surface area contributed by atoms with Crippen molar-refractivity contribution < 1.29 is 18.7 Å². The predicted molar refractivity (Wildman–Crippen MR) is 64.4 cm³/mol. The molecule has 0 heterocycles. The fourth-order valence-electron chi connectivity index (χ4n) is 1.37. The van der Waals surface area contributed by atoms with E-state index in [1.807, 2.05) is 0 Å². The van der Waals surface area contributed by atoms with E-state index in [1.165, 1.54) is 25.3 Å². The van der Waals surface area contributed by atoms with E-state index in [9.17, 15) is 14.0 Å². The maximum absolute atomic E-state index is 13.1. The van der Waals surface area contributed by atoms with E-state index in [0.29, 0.717) is 13.0 Å². The Bertz CT molecular complexity index is 449. The number of carbonyl (C=O) groups excluding carboxylic acids is 2. The molecule has 0 saturated carbocycles. The van der Waals surface area contributed by atoms with Crippen LogP contribution in [0.4, 0.5) is 10.1 Å². The summed E-state index contributed by atoms with van der Waals surface area (Å²) in [5.74, 6) is -1.43. The molecule has 5 nitrogen and oxygen atoms in total. The van der Waals surface area contributed by atoms with Crippen molar-refractivity contribution in [1.82, 2.24) is 5.32 Å². The lowest BCUT2D eigenvalue weighted by atomic mass is 10.1. The average Bonchev–Trinajstić information content (AvgIpc) is 2.37. The maximum Gasteiger partial charge on any atom is 0.305 e. The van der Waals surface area contributed by atoms with Gasteiger partial charge in [0.2, 0.25) is 0 Å². The van der Waals surface area contributed by atoms with Crippen LogP contribution in [0.2, 0.25) is 0 Å². The molecule has 1 aromatic rings. The Morgan fingerprint density at radius 3 is 2.83 bits per heavy atom. The van der Waals surface area contributed by atoms with Gasteiger partial charge in [0, 0.05) is 13.0 Å². The zero-order valence-corrected chi connectivity index (χ0v) is 10.0. The number of halogens is 1. The van der Waals surface area contributed by atoms with Crippen LogP contribution in [0.15, 0.2) is 18.2 Å². The molecule has 6 heteroatoms. The minimum atomic E-state index is -0.628. The molecule has 3 N–H and O–H groups in total. The molecule has 0 radical (unpaired) electrons. The van der Waals surface area contributed by atoms with E-state index in [1.54, 1.807) is 0 Å². The van der Waals surface area contributed by atoms with Crippen LogP contribution in [0, 0.1) is 5.82 Å². The number of nitrogen functional groups attached to an aromatic ring is 1. The molecule has 0 unspecified atom stereocenters. The van der Waals surface area contributed by atoms with Crippen molar-refractivity contribution in [3.63, 3.8) is 0 Å². The molecule has 0 atom stereocenters. The number of hydrogen-bond donors (Lipinski definition) is 2. The van der Waals surface area contributed by atoms with Crippen LogP contribution >= 0.6 is 0 Å². The number of benzene rings is 1. The van der Waals surface area contributed by atoms with Gasteiger partial charge in [0.1, 0.15) is 5.82 Å². The molecule has 0 spiro atoms. The number of ether oxygens (including phenoxy) is 1. The van der Waals surface area contributed by atoms with Gasteiger partial charge >= 0.3 is 5.97 Å². The van der Waals surface area contributed by atoms with Gasteiger partial charge in [-0.3, -0.25) is 9.59 Å². The number of rotatable bonds is 5. The highest BCUT2D eigenvalue weighted by Gasteiger charge is 2.11. The second kappa shape index (κ2) is 6.58. The average molecular weight is 254 g/mol. The van der Waals surface area contributed by atoms with Gasteiger partial charge in [-0.25, -0.2) is 4.39 Å². The molecular formula is C12H15FN2O3. The van der Waals surface area contributed by atoms with Crippen LogP contribution < -0.4 is 11.1 Å². The second-order valence-corrected chi connectivity index (χ2v) is 3.64. The van der Waals surface area contributed by atoms with E-state index < -0.39 is 11.7 Å². The molecule has 0 aliphatic heterocycles. The van der Waals surface area contributed by atoms with Crippen molar-refractivity contribution in [2.75, 3.05) is 19.4 Å². The number of hydrogen-bond acceptors (Lipinski definition) is 4. The first kappa shape index (κ1) is 14.0. The minimum absolute atomic E-state index is 0.0908. The van der Waals surface area contributed by atoms with Crippen LogP contribution in [0.5, 0.6) is 0 Å². The van der Waals surface area contributed by atoms with Gasteiger partial charge in [-0.2, -0.15) is 0 Å². The first-order chi connectivity index (χ1) is 8.56. The molecule has 1 amide bonds. The monoisotopic (exact) mass is 254 g/mol. The highest BCUT2D eigenvalue weighted by Crippen LogP contribution is 2.15. The Kier molecular flexibility index (Phi) is 5.10. The van der Waals surface area contributed by atoms with E-state index in [4.69, 9.17) is 5.73 Å². The van der Waals surface area contributed by atoms with Gasteiger partial charge in [0.05, 0.1) is 18.4 Å². The number of nitrogens with two attached hydrogens (primary N) is 1. The Hall–Kier alpha value is -2.11. The van der Waals surface area contributed by atoms with Crippen LogP contribution in [-0.4, -0.2) is 25.5 Å². The molecule has 0 fully saturated rings. The Balaban J connectivity index is 2.46. The predicted octanol–water partition coefficient (Wildman–Crippen LogP) is 1.09. The van der Waals surface area contributed by atoms with Gasteiger partial charge in [-0.05, 0) is 18.6 Å². The zero-order chi connectivity index (χ0) is 13.5. The third kappa shape index (κ3) is 3.73. The Labute approximate surface area is 104 Å². The Morgan fingerprint density at radius 1 is 1.44 bits per heavy atom. The maximum atomic E-state index is 13.1. The molecule has 1 rings (SSSR count). The van der Waals surface area contributed by atoms with Crippen LogP contribution in [-0.2, 0) is 9.53 Å². The van der Waals surface area contributed by atoms with Crippen LogP contribution in [0.3, 0.4) is 0 Å². The number of amides is 1. The SMILES string of the molecule is COC(=O)CCCNC(=O)c1cccc(F)c1N. The highest BCUT2D eigenvalue weighted by molar-refractivity contribution is 5.99. The van der Waals surface area contributed by atoms with Gasteiger partial charge in [0.15, 0.2) is 0 Å². The molecule has 0 aliphatic rings. The molecular weight excluding hydrogens is 239 g/mol. The molecule has 0 bridgehead atoms. The summed E-state index contributed by atoms with van der Waals surface area (Å²) < 4.78 is 17.6. The van der Waals surface area contributed by atoms with Crippen LogP contribution in [0.1, 0.15) is 23.2 Å². The molecule has 1 aromatic carbocycles. The molecule has 0 aromatic heterocycles. The van der Waals surface area contributed by atoms with E-state index in [2.05, 4.69) is 10.1 Å². The number of esters is 1. The van der Waals surface area contributed by atoms with E-state index in [0.717, 1.165) is 0 Å². The van der Waals surface area contributed by atoms with Crippen molar-refractivity contribution in [2.24, 2.45) is 0 Å². The van der Waals surface area contributed by atoms with Crippen molar-refractivity contribution >= 4 is 17.6 Å². The number of para-hydroxylation sites is 1. The zero-order valence-electron chi connectivity index (χ0n) is 10.0. The first-order valence-electron chi connectivity index (χ1n) is 5.45. The number of methoxy groups -OCH3 is 1. The summed E-state index contributed by atoms with van der Waals surface area (Å²) in [6, 6.07) is 4.03. The van der Waals surface area contributed by atoms with Gasteiger partial charge in [-0.15, -0.1) is 0 Å². The quantitative estimate of drug-likeness (QED) is 0.468. The summed E-state index contributed by atoms with van der Waals surface area (Å²) in [6.45, 7) is 0.296. The lowest BCUT2D eigenvalue weighted by Crippen LogP contribution is -2.26. The van der Waals surface area contributed by atoms with Crippen molar-refractivity contribution in [3.05, 3.63) is 29.6 Å². The van der Waals surface area contributed by atoms with Crippen molar-refractivity contribution in [2.45, 2.75) is 12.8 Å². The standard InChI is InChI=1S/C12H15FN2O3/c1-18-10(16)6-3-7-15-12(17)8-4-2-5-9(13)11(8)14/h2,4-5H,3,6-7,14H2,1H3,(H,15,17). The summed E-state index contributed by atoms with van der Waals surface area (Å²) >= 11 is 0. The lowest BCUT2D eigenvalue weighted by Gasteiger charge is -2.07. The summed E-state index contributed by atoms with van der Waals surface area (Å²) in [6.07, 6.45) is 0.670. The summed E-state index contributed by atoms with van der Waals surface area (Å²) in [5.41, 5.74) is 5.36. The first-order valence-corrected chi connectivity index (χ1v) is 5.45. The summed E-state index contributed by atoms with van der Waals surface area (Å²) in [7, 11) is 1.30. The Morgan fingerprint density at radius 2 is 2.17 bits per heavy atom. The van der Waals surface area contributed by atoms with E-state index >= 15 is 0 Å². The summed E-state index contributed by atoms with van der Waals surface area (Å²) in [5, 5.41) is 2.55. The van der Waals surface area contributed by atoms with Gasteiger partial charge < -0.3 is 15.8 Å². The number of carbonyl (C=O) groups is 2. The number of nitrogens with one attached hydrogen (secondary N) is 1. The third-order valence-corrected chi connectivity index (χ3v) is 2.37. The fraction of sp³-hybridized carbons (Fsp3) is 0.333. The van der Waals surface area contributed by atoms with Crippen molar-refractivity contribution in [1.29, 1.82) is 0 Å². The molecule has 18 heavy (non-hydrogen) atoms. The largest absolute Gasteiger partial charge is 0.469 e. The third-order valence-electron chi connectivity index (χ3n) is 2.37.